The Bertz CT molecular complexity index is 1270. The predicted molar refractivity (Wildman–Crippen MR) is 161 cm³/mol. The number of hydrogen-bond donors (Lipinski definition) is 2. The van der Waals surface area contributed by atoms with Crippen molar-refractivity contribution in [3.8, 4) is 6.07 Å². The number of fused-ring (bicyclic) bond motifs is 5. The first kappa shape index (κ1) is 32.2. The smallest absolute Gasteiger partial charge is 0.322 e. The van der Waals surface area contributed by atoms with Gasteiger partial charge in [-0.2, -0.15) is 5.26 Å². The number of hydrogen-bond acceptors (Lipinski definition) is 5. The van der Waals surface area contributed by atoms with Gasteiger partial charge < -0.3 is 10.4 Å². The molecule has 0 aromatic heterocycles. The lowest BCUT2D eigenvalue weighted by atomic mass is 9.36. The van der Waals surface area contributed by atoms with Crippen LogP contribution in [-0.4, -0.2) is 35.1 Å². The van der Waals surface area contributed by atoms with E-state index in [2.05, 4.69) is 46.0 Å². The Kier molecular flexibility index (Phi) is 8.48. The third kappa shape index (κ3) is 5.40. The predicted octanol–water partition coefficient (Wildman–Crippen LogP) is 6.58. The second-order valence-electron chi connectivity index (χ2n) is 15.7. The van der Waals surface area contributed by atoms with Gasteiger partial charge in [-0.3, -0.25) is 19.2 Å². The third-order valence-corrected chi connectivity index (χ3v) is 12.2. The molecule has 0 aromatic rings. The molecule has 0 spiro atoms. The molecule has 4 aliphatic rings. The molecule has 42 heavy (non-hydrogen) atoms. The minimum Gasteiger partial charge on any atom is -0.480 e. The number of nitrogens with zero attached hydrogens (tertiary/aromatic N) is 1. The zero-order valence-electron chi connectivity index (χ0n) is 26.7. The van der Waals surface area contributed by atoms with Gasteiger partial charge in [0.25, 0.3) is 0 Å². The maximum Gasteiger partial charge on any atom is 0.322 e. The fraction of sp³-hybridized carbons (Fsp3) is 0.743. The van der Waals surface area contributed by atoms with Crippen molar-refractivity contribution >= 4 is 23.4 Å². The Morgan fingerprint density at radius 2 is 1.74 bits per heavy atom. The van der Waals surface area contributed by atoms with Gasteiger partial charge in [-0.15, -0.1) is 0 Å². The average molecular weight is 579 g/mol. The van der Waals surface area contributed by atoms with Crippen LogP contribution >= 0.6 is 0 Å². The molecular weight excluding hydrogens is 528 g/mol. The third-order valence-electron chi connectivity index (χ3n) is 12.2. The molecule has 3 saturated carbocycles. The molecule has 4 aliphatic carbocycles. The highest BCUT2D eigenvalue weighted by molar-refractivity contribution is 6.00. The summed E-state index contributed by atoms with van der Waals surface area (Å²) in [5.41, 5.74) is 0.128. The lowest BCUT2D eigenvalue weighted by Crippen LogP contribution is -2.62. The number of Topliss-reactive ketones (excluding diaryl/α,β-unsaturated/α-hetero) is 1. The van der Waals surface area contributed by atoms with Gasteiger partial charge in [0, 0.05) is 23.7 Å². The van der Waals surface area contributed by atoms with Crippen molar-refractivity contribution < 1.29 is 24.3 Å². The molecule has 6 unspecified atom stereocenters. The highest BCUT2D eigenvalue weighted by Crippen LogP contribution is 2.73. The van der Waals surface area contributed by atoms with Gasteiger partial charge >= 0.3 is 5.97 Å². The van der Waals surface area contributed by atoms with Crippen molar-refractivity contribution in [3.05, 3.63) is 23.3 Å². The SMILES string of the molecule is CC(C)C(=O)C(C#N)=CC1(C)CCCC2(C)C1=CC(=O)C1C3CC(C)(C)CCC3(CCC(=O)NCC(=O)O)CCC12C. The van der Waals surface area contributed by atoms with Crippen LogP contribution in [0.15, 0.2) is 23.3 Å². The molecule has 3 fully saturated rings. The normalized spacial score (nSPS) is 37.5. The first-order chi connectivity index (χ1) is 19.4. The number of carbonyl (C=O) groups excluding carboxylic acids is 3. The Hall–Kier alpha value is -2.75. The molecule has 7 heteroatoms. The van der Waals surface area contributed by atoms with E-state index in [1.807, 2.05) is 26.0 Å². The zero-order chi connectivity index (χ0) is 31.3. The molecule has 0 radical (unpaired) electrons. The summed E-state index contributed by atoms with van der Waals surface area (Å²) >= 11 is 0. The van der Waals surface area contributed by atoms with E-state index in [0.29, 0.717) is 6.42 Å². The number of carbonyl (C=O) groups is 4. The molecule has 0 saturated heterocycles. The molecule has 230 valence electrons. The van der Waals surface area contributed by atoms with Crippen molar-refractivity contribution in [2.75, 3.05) is 6.54 Å². The summed E-state index contributed by atoms with van der Waals surface area (Å²) < 4.78 is 0. The van der Waals surface area contributed by atoms with E-state index in [-0.39, 0.29) is 75.4 Å². The number of nitriles is 1. The van der Waals surface area contributed by atoms with E-state index in [9.17, 15) is 24.4 Å². The summed E-state index contributed by atoms with van der Waals surface area (Å²) in [6.07, 6.45) is 12.1. The number of carboxylic acid groups (broad SMARTS) is 1. The first-order valence-corrected chi connectivity index (χ1v) is 15.9. The summed E-state index contributed by atoms with van der Waals surface area (Å²) in [5, 5.41) is 21.4. The Morgan fingerprint density at radius 1 is 1.07 bits per heavy atom. The van der Waals surface area contributed by atoms with Crippen LogP contribution in [-0.2, 0) is 19.2 Å². The van der Waals surface area contributed by atoms with E-state index in [4.69, 9.17) is 5.11 Å². The lowest BCUT2D eigenvalue weighted by molar-refractivity contribution is -0.168. The van der Waals surface area contributed by atoms with Gasteiger partial charge in [0.05, 0.1) is 5.57 Å². The maximum atomic E-state index is 14.5. The minimum absolute atomic E-state index is 0.0892. The average Bonchev–Trinajstić information content (AvgIpc) is 2.90. The molecule has 0 heterocycles. The largest absolute Gasteiger partial charge is 0.480 e. The molecular formula is C35H50N2O5. The van der Waals surface area contributed by atoms with Gasteiger partial charge in [0.2, 0.25) is 5.91 Å². The number of ketones is 2. The molecule has 0 bridgehead atoms. The van der Waals surface area contributed by atoms with Crippen LogP contribution in [0.3, 0.4) is 0 Å². The number of carboxylic acids is 1. The maximum absolute atomic E-state index is 14.5. The summed E-state index contributed by atoms with van der Waals surface area (Å²) in [5.74, 6) is -1.60. The quantitative estimate of drug-likeness (QED) is 0.248. The second kappa shape index (κ2) is 11.1. The lowest BCUT2D eigenvalue weighted by Gasteiger charge is -2.67. The zero-order valence-corrected chi connectivity index (χ0v) is 26.7. The van der Waals surface area contributed by atoms with Crippen molar-refractivity contribution in [3.63, 3.8) is 0 Å². The van der Waals surface area contributed by atoms with Gasteiger partial charge in [0.15, 0.2) is 11.6 Å². The molecule has 0 aliphatic heterocycles. The van der Waals surface area contributed by atoms with E-state index < -0.39 is 11.4 Å². The summed E-state index contributed by atoms with van der Waals surface area (Å²) in [6.45, 7) is 14.6. The van der Waals surface area contributed by atoms with Crippen LogP contribution in [0.25, 0.3) is 0 Å². The number of rotatable bonds is 8. The Labute approximate surface area is 251 Å². The standard InChI is InChI=1S/C35H50N2O5/c1-22(2)30(42)23(20-36)18-32(5)10-8-11-33(6)26(32)17-25(38)29-24-19-31(3,4)13-15-35(24,16-14-34(29,33)7)12-9-27(39)37-21-28(40)41/h17-18,22,24,29H,8-16,19,21H2,1-7H3,(H,37,39)(H,40,41). The number of nitrogens with one attached hydrogen (secondary N) is 1. The molecule has 0 aromatic carbocycles. The van der Waals surface area contributed by atoms with E-state index in [0.717, 1.165) is 56.9 Å². The monoisotopic (exact) mass is 578 g/mol. The molecule has 1 amide bonds. The number of amides is 1. The fourth-order valence-electron chi connectivity index (χ4n) is 9.56. The van der Waals surface area contributed by atoms with Crippen LogP contribution < -0.4 is 5.32 Å². The minimum atomic E-state index is -1.05. The van der Waals surface area contributed by atoms with Crippen molar-refractivity contribution in [2.24, 2.45) is 44.8 Å². The van der Waals surface area contributed by atoms with Crippen molar-refractivity contribution in [1.29, 1.82) is 5.26 Å². The van der Waals surface area contributed by atoms with E-state index in [1.54, 1.807) is 0 Å². The highest BCUT2D eigenvalue weighted by atomic mass is 16.4. The van der Waals surface area contributed by atoms with Gasteiger partial charge in [-0.1, -0.05) is 66.5 Å². The van der Waals surface area contributed by atoms with Gasteiger partial charge in [0.1, 0.15) is 12.6 Å². The molecule has 2 N–H and O–H groups in total. The van der Waals surface area contributed by atoms with Crippen molar-refractivity contribution in [2.45, 2.75) is 113 Å². The topological polar surface area (TPSA) is 124 Å². The second-order valence-corrected chi connectivity index (χ2v) is 15.7. The summed E-state index contributed by atoms with van der Waals surface area (Å²) in [6, 6.07) is 2.16. The van der Waals surface area contributed by atoms with Gasteiger partial charge in [-0.05, 0) is 85.0 Å². The van der Waals surface area contributed by atoms with Crippen LogP contribution in [0.1, 0.15) is 113 Å². The Morgan fingerprint density at radius 3 is 2.36 bits per heavy atom. The molecule has 7 nitrogen and oxygen atoms in total. The van der Waals surface area contributed by atoms with Crippen LogP contribution in [0, 0.1) is 56.2 Å². The van der Waals surface area contributed by atoms with Crippen LogP contribution in [0.4, 0.5) is 0 Å². The Balaban J connectivity index is 1.76. The van der Waals surface area contributed by atoms with Crippen molar-refractivity contribution in [1.82, 2.24) is 5.32 Å². The summed E-state index contributed by atoms with van der Waals surface area (Å²) in [4.78, 5) is 50.9. The first-order valence-electron chi connectivity index (χ1n) is 15.9. The number of aliphatic carboxylic acids is 1. The van der Waals surface area contributed by atoms with Crippen LogP contribution in [0.5, 0.6) is 0 Å². The fourth-order valence-corrected chi connectivity index (χ4v) is 9.56. The molecule has 4 rings (SSSR count). The van der Waals surface area contributed by atoms with E-state index in [1.165, 1.54) is 0 Å². The highest BCUT2D eigenvalue weighted by Gasteiger charge is 2.67. The number of allylic oxidation sites excluding steroid dienone is 4. The van der Waals surface area contributed by atoms with E-state index >= 15 is 0 Å². The van der Waals surface area contributed by atoms with Crippen LogP contribution in [0.2, 0.25) is 0 Å². The van der Waals surface area contributed by atoms with Gasteiger partial charge in [-0.25, -0.2) is 0 Å². The summed E-state index contributed by atoms with van der Waals surface area (Å²) in [7, 11) is 0. The molecule has 6 atom stereocenters.